The van der Waals surface area contributed by atoms with E-state index in [0.717, 1.165) is 5.56 Å². The Labute approximate surface area is 136 Å². The lowest BCUT2D eigenvalue weighted by Crippen LogP contribution is -2.07. The Balaban J connectivity index is 2.66. The molecule has 0 fully saturated rings. The summed E-state index contributed by atoms with van der Waals surface area (Å²) in [6.07, 6.45) is 0. The number of benzene rings is 2. The van der Waals surface area contributed by atoms with Crippen LogP contribution in [0.4, 0.5) is 5.69 Å². The minimum atomic E-state index is -0.389. The van der Waals surface area contributed by atoms with Gasteiger partial charge in [0.1, 0.15) is 0 Å². The lowest BCUT2D eigenvalue weighted by Gasteiger charge is -2.11. The molecule has 20 heavy (non-hydrogen) atoms. The van der Waals surface area contributed by atoms with Crippen LogP contribution in [0.25, 0.3) is 0 Å². The first-order chi connectivity index (χ1) is 9.32. The molecule has 0 aliphatic heterocycles. The Hall–Kier alpha value is -0.930. The predicted molar refractivity (Wildman–Crippen MR) is 85.5 cm³/mol. The normalized spacial score (nSPS) is 10.7. The molecular weight excluding hydrogens is 340 g/mol. The first-order valence-electron chi connectivity index (χ1n) is 5.56. The largest absolute Gasteiger partial charge is 0.398 e. The lowest BCUT2D eigenvalue weighted by atomic mass is 10.00. The van der Waals surface area contributed by atoms with Crippen LogP contribution in [0.5, 0.6) is 0 Å². The Morgan fingerprint density at radius 3 is 2.30 bits per heavy atom. The average Bonchev–Trinajstić information content (AvgIpc) is 2.39. The minimum absolute atomic E-state index is 0.0232. The zero-order valence-corrected chi connectivity index (χ0v) is 13.3. The Morgan fingerprint density at radius 1 is 1.00 bits per heavy atom. The van der Waals surface area contributed by atoms with Gasteiger partial charge >= 0.3 is 0 Å². The zero-order chi connectivity index (χ0) is 15.0. The summed E-state index contributed by atoms with van der Waals surface area (Å²) in [6.45, 7) is 1.86. The van der Waals surface area contributed by atoms with E-state index in [1.54, 1.807) is 12.1 Å². The number of carbonyl (C=O) groups excluding carboxylic acids is 1. The molecule has 104 valence electrons. The molecule has 0 saturated heterocycles. The van der Waals surface area contributed by atoms with E-state index in [0.29, 0.717) is 11.3 Å². The third-order valence-electron chi connectivity index (χ3n) is 2.79. The Bertz CT molecular complexity index is 713. The molecule has 0 saturated carbocycles. The molecule has 0 unspecified atom stereocenters. The van der Waals surface area contributed by atoms with Crippen LogP contribution in [0, 0.1) is 6.92 Å². The number of nitrogens with two attached hydrogens (primary N) is 1. The highest BCUT2D eigenvalue weighted by Gasteiger charge is 2.22. The number of rotatable bonds is 2. The van der Waals surface area contributed by atoms with E-state index in [9.17, 15) is 4.79 Å². The molecular formula is C14H9Cl4NO. The Morgan fingerprint density at radius 2 is 1.65 bits per heavy atom. The molecule has 0 bridgehead atoms. The van der Waals surface area contributed by atoms with Gasteiger partial charge in [-0.25, -0.2) is 0 Å². The fourth-order valence-corrected chi connectivity index (χ4v) is 2.86. The molecule has 0 aliphatic rings. The molecule has 0 amide bonds. The number of halogens is 4. The predicted octanol–water partition coefficient (Wildman–Crippen LogP) is 5.42. The maximum absolute atomic E-state index is 12.6. The van der Waals surface area contributed by atoms with E-state index < -0.39 is 0 Å². The molecule has 2 aromatic rings. The highest BCUT2D eigenvalue weighted by atomic mass is 35.5. The molecule has 0 atom stereocenters. The van der Waals surface area contributed by atoms with Crippen molar-refractivity contribution < 1.29 is 4.79 Å². The summed E-state index contributed by atoms with van der Waals surface area (Å²) < 4.78 is 0. The zero-order valence-electron chi connectivity index (χ0n) is 10.3. The quantitative estimate of drug-likeness (QED) is 0.340. The van der Waals surface area contributed by atoms with Crippen molar-refractivity contribution in [2.24, 2.45) is 0 Å². The van der Waals surface area contributed by atoms with Crippen molar-refractivity contribution in [2.45, 2.75) is 6.92 Å². The van der Waals surface area contributed by atoms with Crippen LogP contribution in [0.15, 0.2) is 24.3 Å². The molecule has 2 N–H and O–H groups in total. The van der Waals surface area contributed by atoms with Gasteiger partial charge < -0.3 is 5.73 Å². The van der Waals surface area contributed by atoms with Crippen LogP contribution in [-0.4, -0.2) is 5.78 Å². The van der Waals surface area contributed by atoms with Crippen molar-refractivity contribution in [2.75, 3.05) is 5.73 Å². The third kappa shape index (κ3) is 2.75. The summed E-state index contributed by atoms with van der Waals surface area (Å²) in [4.78, 5) is 12.6. The molecule has 2 aromatic carbocycles. The molecule has 2 rings (SSSR count). The van der Waals surface area contributed by atoms with Gasteiger partial charge in [0, 0.05) is 11.3 Å². The molecule has 6 heteroatoms. The summed E-state index contributed by atoms with van der Waals surface area (Å²) in [7, 11) is 0. The van der Waals surface area contributed by atoms with Crippen molar-refractivity contribution in [3.63, 3.8) is 0 Å². The summed E-state index contributed by atoms with van der Waals surface area (Å²) in [6, 6.07) is 6.52. The summed E-state index contributed by atoms with van der Waals surface area (Å²) in [5.41, 5.74) is 7.50. The van der Waals surface area contributed by atoms with Crippen molar-refractivity contribution in [3.8, 4) is 0 Å². The Kier molecular flexibility index (Phi) is 4.50. The van der Waals surface area contributed by atoms with E-state index in [1.165, 1.54) is 6.07 Å². The number of anilines is 1. The molecule has 0 radical (unpaired) electrons. The topological polar surface area (TPSA) is 43.1 Å². The first kappa shape index (κ1) is 15.5. The van der Waals surface area contributed by atoms with E-state index in [1.807, 2.05) is 13.0 Å². The van der Waals surface area contributed by atoms with Gasteiger partial charge in [0.25, 0.3) is 0 Å². The minimum Gasteiger partial charge on any atom is -0.398 e. The maximum atomic E-state index is 12.6. The van der Waals surface area contributed by atoms with Gasteiger partial charge in [-0.3, -0.25) is 4.79 Å². The van der Waals surface area contributed by atoms with Gasteiger partial charge in [0.2, 0.25) is 0 Å². The van der Waals surface area contributed by atoms with Gasteiger partial charge in [-0.15, -0.1) is 0 Å². The number of hydrogen-bond acceptors (Lipinski definition) is 2. The molecule has 0 heterocycles. The highest BCUT2D eigenvalue weighted by molar-refractivity contribution is 6.51. The monoisotopic (exact) mass is 347 g/mol. The summed E-state index contributed by atoms with van der Waals surface area (Å²) >= 11 is 23.9. The van der Waals surface area contributed by atoms with Gasteiger partial charge in [0.05, 0.1) is 25.7 Å². The second-order valence-corrected chi connectivity index (χ2v) is 5.83. The van der Waals surface area contributed by atoms with Crippen LogP contribution < -0.4 is 5.73 Å². The number of carbonyl (C=O) groups is 1. The first-order valence-corrected chi connectivity index (χ1v) is 7.08. The fourth-order valence-electron chi connectivity index (χ4n) is 1.78. The van der Waals surface area contributed by atoms with Gasteiger partial charge in [-0.05, 0) is 25.1 Å². The van der Waals surface area contributed by atoms with E-state index in [2.05, 4.69) is 0 Å². The fraction of sp³-hybridized carbons (Fsp3) is 0.0714. The van der Waals surface area contributed by atoms with E-state index in [4.69, 9.17) is 52.1 Å². The molecule has 0 aromatic heterocycles. The van der Waals surface area contributed by atoms with Crippen LogP contribution in [-0.2, 0) is 0 Å². The number of ketones is 1. The number of aryl methyl sites for hydroxylation is 1. The van der Waals surface area contributed by atoms with Crippen molar-refractivity contribution in [1.82, 2.24) is 0 Å². The molecule has 0 spiro atoms. The van der Waals surface area contributed by atoms with E-state index >= 15 is 0 Å². The third-order valence-corrected chi connectivity index (χ3v) is 4.35. The van der Waals surface area contributed by atoms with Gasteiger partial charge in [-0.2, -0.15) is 0 Å². The smallest absolute Gasteiger partial charge is 0.198 e. The summed E-state index contributed by atoms with van der Waals surface area (Å²) in [5.74, 6) is -0.389. The number of hydrogen-bond donors (Lipinski definition) is 1. The second-order valence-electron chi connectivity index (χ2n) is 4.26. The van der Waals surface area contributed by atoms with Crippen molar-refractivity contribution in [3.05, 3.63) is 61.0 Å². The van der Waals surface area contributed by atoms with Crippen LogP contribution >= 0.6 is 46.4 Å². The lowest BCUT2D eigenvalue weighted by molar-refractivity contribution is 0.104. The molecule has 0 aliphatic carbocycles. The standard InChI is InChI=1S/C14H9Cl4NO/c1-6-2-3-10(19)7(4-6)14(20)11-8(15)5-9(16)12(17)13(11)18/h2-5H,19H2,1H3. The number of nitrogen functional groups attached to an aromatic ring is 1. The van der Waals surface area contributed by atoms with Crippen molar-refractivity contribution >= 4 is 57.9 Å². The second kappa shape index (κ2) is 5.82. The van der Waals surface area contributed by atoms with Crippen LogP contribution in [0.2, 0.25) is 20.1 Å². The molecule has 2 nitrogen and oxygen atoms in total. The maximum Gasteiger partial charge on any atom is 0.198 e. The van der Waals surface area contributed by atoms with Crippen LogP contribution in [0.1, 0.15) is 21.5 Å². The van der Waals surface area contributed by atoms with E-state index in [-0.39, 0.29) is 31.4 Å². The summed E-state index contributed by atoms with van der Waals surface area (Å²) in [5, 5.41) is 0.438. The van der Waals surface area contributed by atoms with Crippen molar-refractivity contribution in [1.29, 1.82) is 0 Å². The highest BCUT2D eigenvalue weighted by Crippen LogP contribution is 2.39. The average molecular weight is 349 g/mol. The van der Waals surface area contributed by atoms with Crippen LogP contribution in [0.3, 0.4) is 0 Å². The van der Waals surface area contributed by atoms with Gasteiger partial charge in [0.15, 0.2) is 5.78 Å². The van der Waals surface area contributed by atoms with Gasteiger partial charge in [-0.1, -0.05) is 58.0 Å². The SMILES string of the molecule is Cc1ccc(N)c(C(=O)c2c(Cl)cc(Cl)c(Cl)c2Cl)c1.